The monoisotopic (exact) mass is 180 g/mol. The summed E-state index contributed by atoms with van der Waals surface area (Å²) in [6.45, 7) is 4.00. The van der Waals surface area contributed by atoms with Crippen LogP contribution in [0.5, 0.6) is 5.75 Å². The van der Waals surface area contributed by atoms with E-state index in [9.17, 15) is 4.79 Å². The Hall–Kier alpha value is -1.31. The molecule has 0 fully saturated rings. The van der Waals surface area contributed by atoms with Crippen molar-refractivity contribution in [1.82, 2.24) is 0 Å². The first-order chi connectivity index (χ1) is 6.33. The Kier molecular flexibility index (Phi) is 6.60. The molecule has 1 aromatic rings. The van der Waals surface area contributed by atoms with Gasteiger partial charge < -0.3 is 9.90 Å². The van der Waals surface area contributed by atoms with Crippen molar-refractivity contribution in [2.24, 2.45) is 0 Å². The van der Waals surface area contributed by atoms with Gasteiger partial charge in [-0.15, -0.1) is 0 Å². The summed E-state index contributed by atoms with van der Waals surface area (Å²) in [6.07, 6.45) is 2.20. The van der Waals surface area contributed by atoms with Crippen LogP contribution in [0.3, 0.4) is 0 Å². The van der Waals surface area contributed by atoms with E-state index >= 15 is 0 Å². The van der Waals surface area contributed by atoms with Crippen molar-refractivity contribution in [2.45, 2.75) is 26.7 Å². The average molecular weight is 180 g/mol. The summed E-state index contributed by atoms with van der Waals surface area (Å²) in [5, 5.41) is 8.91. The molecule has 0 bridgehead atoms. The van der Waals surface area contributed by atoms with Crippen molar-refractivity contribution in [1.29, 1.82) is 0 Å². The van der Waals surface area contributed by atoms with E-state index in [2.05, 4.69) is 0 Å². The summed E-state index contributed by atoms with van der Waals surface area (Å²) in [5.41, 5.74) is 1.08. The third-order valence-electron chi connectivity index (χ3n) is 1.49. The number of hydrogen-bond acceptors (Lipinski definition) is 2. The average Bonchev–Trinajstić information content (AvgIpc) is 2.20. The maximum Gasteiger partial charge on any atom is 0.120 e. The van der Waals surface area contributed by atoms with Gasteiger partial charge in [0, 0.05) is 6.42 Å². The van der Waals surface area contributed by atoms with Crippen LogP contribution in [0.15, 0.2) is 24.3 Å². The smallest absolute Gasteiger partial charge is 0.120 e. The second-order valence-corrected chi connectivity index (χ2v) is 2.37. The molecule has 0 aromatic heterocycles. The molecule has 0 spiro atoms. The molecule has 1 aromatic carbocycles. The Balaban J connectivity index is 0.000000671. The van der Waals surface area contributed by atoms with Crippen molar-refractivity contribution in [3.8, 4) is 5.75 Å². The first-order valence-corrected chi connectivity index (χ1v) is 4.54. The molecule has 2 heteroatoms. The Morgan fingerprint density at radius 2 is 1.77 bits per heavy atom. The van der Waals surface area contributed by atoms with Crippen LogP contribution in [-0.4, -0.2) is 11.4 Å². The number of phenolic OH excluding ortho intramolecular Hbond substituents is 1. The number of hydrogen-bond donors (Lipinski definition) is 1. The number of rotatable bonds is 3. The van der Waals surface area contributed by atoms with Gasteiger partial charge in [-0.1, -0.05) is 26.0 Å². The number of aryl methyl sites for hydroxylation is 1. The van der Waals surface area contributed by atoms with Crippen molar-refractivity contribution in [3.63, 3.8) is 0 Å². The first-order valence-electron chi connectivity index (χ1n) is 4.54. The van der Waals surface area contributed by atoms with E-state index in [0.717, 1.165) is 18.3 Å². The van der Waals surface area contributed by atoms with Crippen LogP contribution in [0.1, 0.15) is 25.8 Å². The topological polar surface area (TPSA) is 37.3 Å². The number of benzene rings is 1. The zero-order valence-electron chi connectivity index (χ0n) is 8.16. The standard InChI is InChI=1S/C9H10O2.C2H6/c10-7-1-2-8-3-5-9(11)6-4-8;1-2/h3-7,11H,1-2H2;1-2H3. The molecule has 2 nitrogen and oxygen atoms in total. The molecule has 72 valence electrons. The lowest BCUT2D eigenvalue weighted by Gasteiger charge is -1.96. The predicted octanol–water partition coefficient (Wildman–Crippen LogP) is 2.55. The number of carbonyl (C=O) groups is 1. The molecule has 0 amide bonds. The van der Waals surface area contributed by atoms with E-state index in [1.807, 2.05) is 26.0 Å². The minimum Gasteiger partial charge on any atom is -0.508 e. The molecule has 0 heterocycles. The van der Waals surface area contributed by atoms with Gasteiger partial charge in [-0.3, -0.25) is 0 Å². The molecular formula is C11H16O2. The highest BCUT2D eigenvalue weighted by molar-refractivity contribution is 5.50. The minimum atomic E-state index is 0.264. The molecule has 1 N–H and O–H groups in total. The van der Waals surface area contributed by atoms with Gasteiger partial charge in [-0.25, -0.2) is 0 Å². The third-order valence-corrected chi connectivity index (χ3v) is 1.49. The van der Waals surface area contributed by atoms with Crippen LogP contribution >= 0.6 is 0 Å². The Morgan fingerprint density at radius 1 is 1.23 bits per heavy atom. The molecule has 0 aliphatic carbocycles. The van der Waals surface area contributed by atoms with Crippen molar-refractivity contribution < 1.29 is 9.90 Å². The number of carbonyl (C=O) groups excluding carboxylic acids is 1. The molecule has 0 saturated carbocycles. The molecule has 1 rings (SSSR count). The van der Waals surface area contributed by atoms with Gasteiger partial charge >= 0.3 is 0 Å². The van der Waals surface area contributed by atoms with E-state index < -0.39 is 0 Å². The summed E-state index contributed by atoms with van der Waals surface area (Å²) >= 11 is 0. The van der Waals surface area contributed by atoms with Gasteiger partial charge in [0.05, 0.1) is 0 Å². The highest BCUT2D eigenvalue weighted by Gasteiger charge is 1.91. The van der Waals surface area contributed by atoms with Crippen LogP contribution < -0.4 is 0 Å². The maximum atomic E-state index is 10.00. The quantitative estimate of drug-likeness (QED) is 0.726. The zero-order valence-corrected chi connectivity index (χ0v) is 8.16. The lowest BCUT2D eigenvalue weighted by Crippen LogP contribution is -1.84. The van der Waals surface area contributed by atoms with Crippen molar-refractivity contribution >= 4 is 6.29 Å². The maximum absolute atomic E-state index is 10.00. The fourth-order valence-electron chi connectivity index (χ4n) is 0.888. The summed E-state index contributed by atoms with van der Waals surface area (Å²) in [6, 6.07) is 6.89. The molecule has 0 aliphatic heterocycles. The zero-order chi connectivity index (χ0) is 10.1. The van der Waals surface area contributed by atoms with Gasteiger partial charge in [-0.2, -0.15) is 0 Å². The first kappa shape index (κ1) is 11.7. The largest absolute Gasteiger partial charge is 0.508 e. The van der Waals surface area contributed by atoms with Gasteiger partial charge in [0.25, 0.3) is 0 Å². The van der Waals surface area contributed by atoms with E-state index in [4.69, 9.17) is 5.11 Å². The van der Waals surface area contributed by atoms with E-state index in [0.29, 0.717) is 6.42 Å². The molecular weight excluding hydrogens is 164 g/mol. The van der Waals surface area contributed by atoms with Gasteiger partial charge in [0.1, 0.15) is 12.0 Å². The van der Waals surface area contributed by atoms with Crippen LogP contribution in [0, 0.1) is 0 Å². The number of aldehydes is 1. The molecule has 0 saturated heterocycles. The summed E-state index contributed by atoms with van der Waals surface area (Å²) < 4.78 is 0. The van der Waals surface area contributed by atoms with E-state index in [-0.39, 0.29) is 5.75 Å². The predicted molar refractivity (Wildman–Crippen MR) is 53.8 cm³/mol. The Bertz CT molecular complexity index is 226. The van der Waals surface area contributed by atoms with Crippen LogP contribution in [-0.2, 0) is 11.2 Å². The number of aromatic hydroxyl groups is 1. The molecule has 0 radical (unpaired) electrons. The normalized spacial score (nSPS) is 8.46. The summed E-state index contributed by atoms with van der Waals surface area (Å²) in [7, 11) is 0. The fraction of sp³-hybridized carbons (Fsp3) is 0.364. The fourth-order valence-corrected chi connectivity index (χ4v) is 0.888. The second kappa shape index (κ2) is 7.35. The van der Waals surface area contributed by atoms with E-state index in [1.165, 1.54) is 0 Å². The summed E-state index contributed by atoms with van der Waals surface area (Å²) in [5.74, 6) is 0.264. The Morgan fingerprint density at radius 3 is 2.23 bits per heavy atom. The molecule has 0 atom stereocenters. The van der Waals surface area contributed by atoms with Gasteiger partial charge in [-0.05, 0) is 24.1 Å². The van der Waals surface area contributed by atoms with Crippen molar-refractivity contribution in [2.75, 3.05) is 0 Å². The highest BCUT2D eigenvalue weighted by Crippen LogP contribution is 2.10. The van der Waals surface area contributed by atoms with Crippen LogP contribution in [0.2, 0.25) is 0 Å². The summed E-state index contributed by atoms with van der Waals surface area (Å²) in [4.78, 5) is 10.00. The van der Waals surface area contributed by atoms with E-state index in [1.54, 1.807) is 12.1 Å². The third kappa shape index (κ3) is 5.01. The minimum absolute atomic E-state index is 0.264. The molecule has 0 aliphatic rings. The van der Waals surface area contributed by atoms with Crippen molar-refractivity contribution in [3.05, 3.63) is 29.8 Å². The number of phenols is 1. The van der Waals surface area contributed by atoms with Gasteiger partial charge in [0.15, 0.2) is 0 Å². The highest BCUT2D eigenvalue weighted by atomic mass is 16.3. The SMILES string of the molecule is CC.O=CCCc1ccc(O)cc1. The Labute approximate surface area is 79.2 Å². The lowest BCUT2D eigenvalue weighted by molar-refractivity contribution is -0.107. The molecule has 13 heavy (non-hydrogen) atoms. The van der Waals surface area contributed by atoms with Crippen LogP contribution in [0.4, 0.5) is 0 Å². The second-order valence-electron chi connectivity index (χ2n) is 2.37. The lowest BCUT2D eigenvalue weighted by atomic mass is 10.1. The van der Waals surface area contributed by atoms with Crippen LogP contribution in [0.25, 0.3) is 0 Å². The molecule has 0 unspecified atom stereocenters. The van der Waals surface area contributed by atoms with Gasteiger partial charge in [0.2, 0.25) is 0 Å².